The molecule has 0 bridgehead atoms. The van der Waals surface area contributed by atoms with Crippen LogP contribution in [-0.2, 0) is 6.54 Å². The van der Waals surface area contributed by atoms with Crippen molar-refractivity contribution < 1.29 is 22.7 Å². The molecule has 140 valence electrons. The highest BCUT2D eigenvalue weighted by Crippen LogP contribution is 2.27. The lowest BCUT2D eigenvalue weighted by Gasteiger charge is -2.20. The topological polar surface area (TPSA) is 55.6 Å². The molecule has 2 aromatic rings. The molecule has 2 aromatic carbocycles. The van der Waals surface area contributed by atoms with Crippen LogP contribution in [0.2, 0.25) is 0 Å². The van der Waals surface area contributed by atoms with Crippen molar-refractivity contribution >= 4 is 11.6 Å². The molecule has 0 aliphatic carbocycles. The van der Waals surface area contributed by atoms with Crippen LogP contribution in [0.1, 0.15) is 27.0 Å². The number of halogens is 3. The van der Waals surface area contributed by atoms with Gasteiger partial charge in [-0.2, -0.15) is 13.2 Å². The lowest BCUT2D eigenvalue weighted by molar-refractivity contribution is -0.153. The highest BCUT2D eigenvalue weighted by Gasteiger charge is 2.29. The number of nitrogens with two attached hydrogens (primary N) is 1. The zero-order valence-corrected chi connectivity index (χ0v) is 14.9. The van der Waals surface area contributed by atoms with Crippen LogP contribution >= 0.6 is 0 Å². The van der Waals surface area contributed by atoms with E-state index in [1.807, 2.05) is 0 Å². The third kappa shape index (κ3) is 5.15. The highest BCUT2D eigenvalue weighted by atomic mass is 19.4. The average Bonchev–Trinajstić information content (AvgIpc) is 2.52. The summed E-state index contributed by atoms with van der Waals surface area (Å²) in [6.07, 6.45) is -4.39. The summed E-state index contributed by atoms with van der Waals surface area (Å²) in [6.45, 7) is 2.35. The van der Waals surface area contributed by atoms with Crippen LogP contribution < -0.4 is 10.5 Å². The molecule has 2 rings (SSSR count). The maximum atomic E-state index is 12.5. The predicted octanol–water partition coefficient (Wildman–Crippen LogP) is 4.10. The third-order valence-electron chi connectivity index (χ3n) is 3.80. The number of hydrogen-bond acceptors (Lipinski definition) is 3. The van der Waals surface area contributed by atoms with Crippen molar-refractivity contribution in [3.8, 4) is 5.75 Å². The molecule has 2 N–H and O–H groups in total. The zero-order chi connectivity index (χ0) is 19.5. The first-order valence-electron chi connectivity index (χ1n) is 7.97. The monoisotopic (exact) mass is 366 g/mol. The van der Waals surface area contributed by atoms with Gasteiger partial charge in [-0.1, -0.05) is 18.2 Å². The Morgan fingerprint density at radius 2 is 1.77 bits per heavy atom. The van der Waals surface area contributed by atoms with E-state index in [0.717, 1.165) is 5.56 Å². The van der Waals surface area contributed by atoms with E-state index < -0.39 is 12.8 Å². The molecule has 0 saturated heterocycles. The lowest BCUT2D eigenvalue weighted by Crippen LogP contribution is -2.26. The number of nitrogens with zero attached hydrogens (tertiary/aromatic N) is 1. The molecule has 7 heteroatoms. The summed E-state index contributed by atoms with van der Waals surface area (Å²) in [5, 5.41) is 0. The van der Waals surface area contributed by atoms with Gasteiger partial charge in [0.05, 0.1) is 0 Å². The van der Waals surface area contributed by atoms with Gasteiger partial charge in [-0.05, 0) is 48.7 Å². The third-order valence-corrected chi connectivity index (χ3v) is 3.80. The molecule has 0 heterocycles. The summed E-state index contributed by atoms with van der Waals surface area (Å²) in [4.78, 5) is 14.0. The molecular formula is C19H21F3N2O2. The van der Waals surface area contributed by atoms with Gasteiger partial charge in [-0.15, -0.1) is 0 Å². The summed E-state index contributed by atoms with van der Waals surface area (Å²) in [6, 6.07) is 10.1. The Balaban J connectivity index is 2.13. The van der Waals surface area contributed by atoms with E-state index in [0.29, 0.717) is 28.9 Å². The number of alkyl halides is 3. The van der Waals surface area contributed by atoms with E-state index in [1.54, 1.807) is 57.3 Å². The smallest absolute Gasteiger partial charge is 0.422 e. The molecule has 1 amide bonds. The normalized spacial score (nSPS) is 11.3. The largest absolute Gasteiger partial charge is 0.484 e. The summed E-state index contributed by atoms with van der Waals surface area (Å²) < 4.78 is 42.0. The summed E-state index contributed by atoms with van der Waals surface area (Å²) in [7, 11) is 1.66. The second kappa shape index (κ2) is 7.68. The first-order valence-corrected chi connectivity index (χ1v) is 7.97. The molecule has 0 radical (unpaired) electrons. The average molecular weight is 366 g/mol. The lowest BCUT2D eigenvalue weighted by atomic mass is 10.0. The highest BCUT2D eigenvalue weighted by molar-refractivity contribution is 5.94. The molecule has 0 saturated carbocycles. The maximum absolute atomic E-state index is 12.5. The quantitative estimate of drug-likeness (QED) is 0.811. The number of ether oxygens (including phenoxy) is 1. The van der Waals surface area contributed by atoms with E-state index in [-0.39, 0.29) is 11.7 Å². The Morgan fingerprint density at radius 1 is 1.15 bits per heavy atom. The number of anilines is 1. The number of benzene rings is 2. The van der Waals surface area contributed by atoms with E-state index in [9.17, 15) is 18.0 Å². The fourth-order valence-electron chi connectivity index (χ4n) is 2.75. The minimum atomic E-state index is -4.39. The second-order valence-corrected chi connectivity index (χ2v) is 6.25. The minimum absolute atomic E-state index is 0.190. The summed E-state index contributed by atoms with van der Waals surface area (Å²) >= 11 is 0. The van der Waals surface area contributed by atoms with Crippen LogP contribution in [0, 0.1) is 13.8 Å². The van der Waals surface area contributed by atoms with Crippen LogP contribution in [0.4, 0.5) is 18.9 Å². The first-order chi connectivity index (χ1) is 12.1. The van der Waals surface area contributed by atoms with E-state index in [2.05, 4.69) is 0 Å². The number of amides is 1. The standard InChI is InChI=1S/C19H21F3N2O2/c1-12-7-14(8-13(2)17(12)26-11-19(20,21)22)10-24(3)18(25)15-5-4-6-16(23)9-15/h4-9H,10-11,23H2,1-3H3. The number of carbonyl (C=O) groups is 1. The molecule has 0 aliphatic rings. The van der Waals surface area contributed by atoms with Crippen molar-refractivity contribution in [3.05, 3.63) is 58.7 Å². The SMILES string of the molecule is Cc1cc(CN(C)C(=O)c2cccc(N)c2)cc(C)c1OCC(F)(F)F. The molecule has 0 fully saturated rings. The predicted molar refractivity (Wildman–Crippen MR) is 94.1 cm³/mol. The van der Waals surface area contributed by atoms with Crippen molar-refractivity contribution in [1.29, 1.82) is 0 Å². The molecule has 0 aromatic heterocycles. The Bertz CT molecular complexity index is 781. The summed E-state index contributed by atoms with van der Waals surface area (Å²) in [5.74, 6) is 0.0286. The van der Waals surface area contributed by atoms with Crippen molar-refractivity contribution in [2.24, 2.45) is 0 Å². The Kier molecular flexibility index (Phi) is 5.79. The van der Waals surface area contributed by atoms with Gasteiger partial charge in [-0.3, -0.25) is 4.79 Å². The van der Waals surface area contributed by atoms with Crippen LogP contribution in [0.25, 0.3) is 0 Å². The van der Waals surface area contributed by atoms with Crippen molar-refractivity contribution in [2.75, 3.05) is 19.4 Å². The van der Waals surface area contributed by atoms with Gasteiger partial charge in [0.2, 0.25) is 0 Å². The maximum Gasteiger partial charge on any atom is 0.422 e. The Hall–Kier alpha value is -2.70. The number of hydrogen-bond donors (Lipinski definition) is 1. The molecule has 4 nitrogen and oxygen atoms in total. The molecule has 26 heavy (non-hydrogen) atoms. The van der Waals surface area contributed by atoms with Gasteiger partial charge in [-0.25, -0.2) is 0 Å². The number of rotatable bonds is 5. The molecule has 0 spiro atoms. The Morgan fingerprint density at radius 3 is 2.31 bits per heavy atom. The molecule has 0 unspecified atom stereocenters. The van der Waals surface area contributed by atoms with Crippen molar-refractivity contribution in [2.45, 2.75) is 26.6 Å². The molecule has 0 atom stereocenters. The Labute approximate surface area is 150 Å². The fourth-order valence-corrected chi connectivity index (χ4v) is 2.75. The van der Waals surface area contributed by atoms with Gasteiger partial charge in [0, 0.05) is 24.8 Å². The number of aryl methyl sites for hydroxylation is 2. The second-order valence-electron chi connectivity index (χ2n) is 6.25. The van der Waals surface area contributed by atoms with E-state index in [1.165, 1.54) is 4.90 Å². The molecular weight excluding hydrogens is 345 g/mol. The molecule has 0 aliphatic heterocycles. The summed E-state index contributed by atoms with van der Waals surface area (Å²) in [5.41, 5.74) is 8.67. The van der Waals surface area contributed by atoms with Gasteiger partial charge in [0.15, 0.2) is 6.61 Å². The van der Waals surface area contributed by atoms with Crippen LogP contribution in [0.15, 0.2) is 36.4 Å². The van der Waals surface area contributed by atoms with E-state index >= 15 is 0 Å². The minimum Gasteiger partial charge on any atom is -0.484 e. The first kappa shape index (κ1) is 19.6. The van der Waals surface area contributed by atoms with E-state index in [4.69, 9.17) is 10.5 Å². The van der Waals surface area contributed by atoms with Gasteiger partial charge in [0.25, 0.3) is 5.91 Å². The van der Waals surface area contributed by atoms with Crippen LogP contribution in [0.5, 0.6) is 5.75 Å². The van der Waals surface area contributed by atoms with Gasteiger partial charge < -0.3 is 15.4 Å². The fraction of sp³-hybridized carbons (Fsp3) is 0.316. The van der Waals surface area contributed by atoms with Gasteiger partial charge in [0.1, 0.15) is 5.75 Å². The number of nitrogen functional groups attached to an aromatic ring is 1. The zero-order valence-electron chi connectivity index (χ0n) is 14.9. The van der Waals surface area contributed by atoms with Crippen LogP contribution in [-0.4, -0.2) is 30.6 Å². The number of carbonyl (C=O) groups excluding carboxylic acids is 1. The van der Waals surface area contributed by atoms with Crippen molar-refractivity contribution in [1.82, 2.24) is 4.90 Å². The van der Waals surface area contributed by atoms with Crippen LogP contribution in [0.3, 0.4) is 0 Å². The van der Waals surface area contributed by atoms with Crippen molar-refractivity contribution in [3.63, 3.8) is 0 Å². The van der Waals surface area contributed by atoms with Gasteiger partial charge >= 0.3 is 6.18 Å².